The first-order valence-corrected chi connectivity index (χ1v) is 17.3. The second-order valence-electron chi connectivity index (χ2n) is 13.4. The molecule has 1 aliphatic heterocycles. The summed E-state index contributed by atoms with van der Waals surface area (Å²) in [6, 6.07) is -3.04. The van der Waals surface area contributed by atoms with Crippen LogP contribution in [-0.2, 0) is 52.1 Å². The van der Waals surface area contributed by atoms with Crippen molar-refractivity contribution in [2.75, 3.05) is 5.73 Å². The fourth-order valence-corrected chi connectivity index (χ4v) is 5.33. The maximum absolute atomic E-state index is 13.3. The maximum Gasteiger partial charge on any atom is 0.414 e. The molecule has 0 aliphatic carbocycles. The molecule has 1 fully saturated rings. The number of carboxylic acid groups (broad SMARTS) is 1. The Bertz CT molecular complexity index is 1840. The fraction of sp³-hybridized carbons (Fsp3) is 0.556. The van der Waals surface area contributed by atoms with Crippen molar-refractivity contribution >= 4 is 68.4 Å². The number of nitrogens with zero attached hydrogens (tertiary/aromatic N) is 7. The topological polar surface area (TPSA) is 321 Å². The third kappa shape index (κ3) is 11.6. The van der Waals surface area contributed by atoms with Crippen LogP contribution in [0.3, 0.4) is 0 Å². The Kier molecular flexibility index (Phi) is 12.2. The van der Waals surface area contributed by atoms with E-state index in [9.17, 15) is 42.0 Å². The van der Waals surface area contributed by atoms with E-state index in [1.54, 1.807) is 41.5 Å². The molecule has 2 atom stereocenters. The molecule has 2 aromatic heterocycles. The van der Waals surface area contributed by atoms with E-state index in [0.717, 1.165) is 29.9 Å². The predicted octanol–water partition coefficient (Wildman–Crippen LogP) is 0.00470. The molecule has 0 spiro atoms. The number of anilines is 1. The summed E-state index contributed by atoms with van der Waals surface area (Å²) >= 11 is 0.917. The van der Waals surface area contributed by atoms with Gasteiger partial charge in [0, 0.05) is 5.38 Å². The number of aromatic nitrogens is 4. The molecule has 1 saturated heterocycles. The van der Waals surface area contributed by atoms with Gasteiger partial charge in [0.15, 0.2) is 10.8 Å². The van der Waals surface area contributed by atoms with Crippen molar-refractivity contribution in [2.24, 2.45) is 10.1 Å². The highest BCUT2D eigenvalue weighted by molar-refractivity contribution is 7.84. The van der Waals surface area contributed by atoms with Crippen LogP contribution >= 0.6 is 11.3 Å². The Morgan fingerprint density at radius 2 is 1.62 bits per heavy atom. The Balaban J connectivity index is 1.84. The minimum Gasteiger partial charge on any atom is -0.478 e. The normalized spacial score (nSPS) is 16.7. The predicted molar refractivity (Wildman–Crippen MR) is 180 cm³/mol. The molecule has 25 heteroatoms. The molecule has 0 radical (unpaired) electrons. The molecule has 52 heavy (non-hydrogen) atoms. The highest BCUT2D eigenvalue weighted by Gasteiger charge is 2.54. The fourth-order valence-electron chi connectivity index (χ4n) is 3.91. The molecule has 2 aromatic rings. The quantitative estimate of drug-likeness (QED) is 0.0576. The van der Waals surface area contributed by atoms with E-state index in [0.29, 0.717) is 0 Å². The van der Waals surface area contributed by atoms with Gasteiger partial charge in [0.1, 0.15) is 28.6 Å². The van der Waals surface area contributed by atoms with Gasteiger partial charge < -0.3 is 30.5 Å². The molecule has 3 rings (SSSR count). The SMILES string of the molecule is CC(C)(C)OC(=O)NC(=NCc1cn(C[C@@H]2[C@H](NC(=O)/C(=N\OC(C)(C)C(=O)O)c3csc(N)n3)C(=O)N2S(=O)(=O)O)nn1)NC(=O)OC(C)(C)C. The number of aliphatic imine (C=N–C) groups is 1. The average molecular weight is 774 g/mol. The van der Waals surface area contributed by atoms with Gasteiger partial charge in [-0.1, -0.05) is 10.4 Å². The lowest BCUT2D eigenvalue weighted by Crippen LogP contribution is -2.73. The molecule has 0 aromatic carbocycles. The van der Waals surface area contributed by atoms with Crippen molar-refractivity contribution in [3.63, 3.8) is 0 Å². The van der Waals surface area contributed by atoms with Crippen LogP contribution in [0.5, 0.6) is 0 Å². The van der Waals surface area contributed by atoms with E-state index in [1.807, 2.05) is 0 Å². The van der Waals surface area contributed by atoms with E-state index in [-0.39, 0.29) is 33.3 Å². The number of amides is 4. The zero-order valence-electron chi connectivity index (χ0n) is 29.2. The average Bonchev–Trinajstić information content (AvgIpc) is 3.60. The van der Waals surface area contributed by atoms with Crippen molar-refractivity contribution < 1.29 is 56.4 Å². The molecule has 23 nitrogen and oxygen atoms in total. The number of aliphatic carboxylic acids is 1. The monoisotopic (exact) mass is 773 g/mol. The van der Waals surface area contributed by atoms with Gasteiger partial charge in [-0.05, 0) is 55.4 Å². The van der Waals surface area contributed by atoms with E-state index in [2.05, 4.69) is 41.4 Å². The number of ether oxygens (including phenoxy) is 2. The van der Waals surface area contributed by atoms with Crippen molar-refractivity contribution in [1.29, 1.82) is 0 Å². The van der Waals surface area contributed by atoms with Gasteiger partial charge >= 0.3 is 28.5 Å². The lowest BCUT2D eigenvalue weighted by molar-refractivity contribution is -0.161. The number of hydrogen-bond donors (Lipinski definition) is 6. The molecule has 4 amide bonds. The Labute approximate surface area is 300 Å². The summed E-state index contributed by atoms with van der Waals surface area (Å²) in [5.74, 6) is -4.13. The number of carboxylic acids is 1. The summed E-state index contributed by atoms with van der Waals surface area (Å²) in [6.45, 7) is 11.3. The number of carbonyl (C=O) groups is 5. The Morgan fingerprint density at radius 3 is 2.10 bits per heavy atom. The van der Waals surface area contributed by atoms with E-state index in [4.69, 9.17) is 20.0 Å². The summed E-state index contributed by atoms with van der Waals surface area (Å²) in [6.07, 6.45) is -0.608. The summed E-state index contributed by atoms with van der Waals surface area (Å²) in [4.78, 5) is 75.6. The largest absolute Gasteiger partial charge is 0.478 e. The number of guanidine groups is 1. The molecule has 1 aliphatic rings. The van der Waals surface area contributed by atoms with Crippen LogP contribution in [0.4, 0.5) is 14.7 Å². The number of hydrogen-bond acceptors (Lipinski definition) is 17. The number of β-lactam (4-membered cyclic amide) rings is 1. The number of nitrogen functional groups attached to an aromatic ring is 1. The minimum absolute atomic E-state index is 0.0165. The molecule has 0 saturated carbocycles. The van der Waals surface area contributed by atoms with Crippen LogP contribution in [0.2, 0.25) is 0 Å². The summed E-state index contributed by atoms with van der Waals surface area (Å²) in [5, 5.41) is 29.0. The van der Waals surface area contributed by atoms with Gasteiger partial charge in [-0.15, -0.1) is 16.4 Å². The molecular weight excluding hydrogens is 734 g/mol. The third-order valence-electron chi connectivity index (χ3n) is 6.16. The van der Waals surface area contributed by atoms with E-state index >= 15 is 0 Å². The van der Waals surface area contributed by atoms with E-state index in [1.165, 1.54) is 11.6 Å². The first-order chi connectivity index (χ1) is 23.8. The number of oxime groups is 1. The molecule has 7 N–H and O–H groups in total. The van der Waals surface area contributed by atoms with Gasteiger partial charge in [-0.2, -0.15) is 8.42 Å². The number of rotatable bonds is 11. The van der Waals surface area contributed by atoms with Crippen molar-refractivity contribution in [2.45, 2.75) is 97.4 Å². The highest BCUT2D eigenvalue weighted by Crippen LogP contribution is 2.26. The lowest BCUT2D eigenvalue weighted by Gasteiger charge is -2.43. The summed E-state index contributed by atoms with van der Waals surface area (Å²) in [5.41, 5.74) is 1.40. The second-order valence-corrected chi connectivity index (χ2v) is 15.6. The van der Waals surface area contributed by atoms with E-state index < -0.39 is 81.4 Å². The molecule has 0 bridgehead atoms. The first-order valence-electron chi connectivity index (χ1n) is 15.0. The second kappa shape index (κ2) is 15.4. The standard InChI is InChI=1S/C27H39N11O12S2/c1-25(2,3)48-23(43)32-22(33-24(44)49-26(4,5)6)29-9-13-10-37(36-34-13)11-15-17(19(40)38(15)52(45,46)47)31-18(39)16(14-12-51-21(28)30-14)35-50-27(7,8)20(41)42/h10,12,15,17H,9,11H2,1-8H3,(H2,28,30)(H,31,39)(H,41,42)(H,45,46,47)(H2,29,32,33,43,44)/b35-16-/t15-,17+/m1/s1. The Morgan fingerprint density at radius 1 is 1.04 bits per heavy atom. The van der Waals surface area contributed by atoms with Crippen LogP contribution in [-0.4, -0.2) is 113 Å². The van der Waals surface area contributed by atoms with Crippen LogP contribution in [0, 0.1) is 0 Å². The number of thiazole rings is 1. The number of carbonyl (C=O) groups excluding carboxylic acids is 4. The number of alkyl carbamates (subject to hydrolysis) is 2. The Hall–Kier alpha value is -5.43. The third-order valence-corrected chi connectivity index (χ3v) is 7.78. The van der Waals surface area contributed by atoms with Crippen molar-refractivity contribution in [3.8, 4) is 0 Å². The highest BCUT2D eigenvalue weighted by atomic mass is 32.2. The van der Waals surface area contributed by atoms with Crippen molar-refractivity contribution in [3.05, 3.63) is 23.0 Å². The zero-order valence-corrected chi connectivity index (χ0v) is 30.9. The molecule has 0 unspecified atom stereocenters. The molecule has 3 heterocycles. The molecular formula is C27H39N11O12S2. The minimum atomic E-state index is -5.13. The van der Waals surface area contributed by atoms with Crippen LogP contribution < -0.4 is 21.7 Å². The van der Waals surface area contributed by atoms with Crippen LogP contribution in [0.15, 0.2) is 21.7 Å². The van der Waals surface area contributed by atoms with Crippen molar-refractivity contribution in [1.82, 2.24) is 40.2 Å². The van der Waals surface area contributed by atoms with Gasteiger partial charge in [0.05, 0.1) is 25.3 Å². The van der Waals surface area contributed by atoms with Gasteiger partial charge in [-0.3, -0.25) is 24.8 Å². The molecule has 286 valence electrons. The van der Waals surface area contributed by atoms with Gasteiger partial charge in [0.25, 0.3) is 11.8 Å². The lowest BCUT2D eigenvalue weighted by atomic mass is 9.98. The number of nitrogens with one attached hydrogen (secondary N) is 3. The zero-order chi connectivity index (χ0) is 39.4. The maximum atomic E-state index is 13.3. The first kappa shape index (κ1) is 41.0. The smallest absolute Gasteiger partial charge is 0.414 e. The number of nitrogens with two attached hydrogens (primary N) is 1. The van der Waals surface area contributed by atoms with Gasteiger partial charge in [0.2, 0.25) is 11.6 Å². The summed E-state index contributed by atoms with van der Waals surface area (Å²) < 4.78 is 45.5. The van der Waals surface area contributed by atoms with Crippen LogP contribution in [0.25, 0.3) is 0 Å². The summed E-state index contributed by atoms with van der Waals surface area (Å²) in [7, 11) is -5.13. The van der Waals surface area contributed by atoms with Gasteiger partial charge in [-0.25, -0.2) is 33.3 Å². The van der Waals surface area contributed by atoms with Crippen LogP contribution in [0.1, 0.15) is 66.8 Å².